The van der Waals surface area contributed by atoms with Crippen LogP contribution in [0, 0.1) is 18.8 Å². The number of aryl methyl sites for hydroxylation is 1. The van der Waals surface area contributed by atoms with Gasteiger partial charge in [0, 0.05) is 33.2 Å². The third-order valence-electron chi connectivity index (χ3n) is 5.83. The molecule has 33 heavy (non-hydrogen) atoms. The lowest BCUT2D eigenvalue weighted by molar-refractivity contribution is -0.136. The first kappa shape index (κ1) is 22.4. The summed E-state index contributed by atoms with van der Waals surface area (Å²) in [5.41, 5.74) is 1.04. The topological polar surface area (TPSA) is 114 Å². The Morgan fingerprint density at radius 2 is 1.97 bits per heavy atom. The fourth-order valence-corrected chi connectivity index (χ4v) is 4.24. The average Bonchev–Trinajstić information content (AvgIpc) is 3.17. The molecule has 3 aromatic rings. The van der Waals surface area contributed by atoms with Gasteiger partial charge < -0.3 is 15.3 Å². The van der Waals surface area contributed by atoms with Crippen molar-refractivity contribution in [1.29, 1.82) is 0 Å². The van der Waals surface area contributed by atoms with E-state index in [2.05, 4.69) is 22.1 Å². The van der Waals surface area contributed by atoms with E-state index in [0.717, 1.165) is 17.7 Å². The quantitative estimate of drug-likeness (QED) is 0.536. The number of anilines is 1. The van der Waals surface area contributed by atoms with Gasteiger partial charge in [0.1, 0.15) is 0 Å². The molecule has 172 valence electrons. The number of para-hydroxylation sites is 1. The summed E-state index contributed by atoms with van der Waals surface area (Å²) in [4.78, 5) is 45.0. The number of carboxylic acid groups (broad SMARTS) is 1. The van der Waals surface area contributed by atoms with Crippen molar-refractivity contribution in [2.45, 2.75) is 26.8 Å². The number of imidazole rings is 1. The molecule has 0 atom stereocenters. The molecule has 0 unspecified atom stereocenters. The highest BCUT2D eigenvalue weighted by Crippen LogP contribution is 2.25. The van der Waals surface area contributed by atoms with Crippen LogP contribution in [0.2, 0.25) is 0 Å². The predicted octanol–water partition coefficient (Wildman–Crippen LogP) is 0.254. The molecule has 2 N–H and O–H groups in total. The first-order valence-electron chi connectivity index (χ1n) is 10.7. The fraction of sp³-hybridized carbons (Fsp3) is 0.391. The summed E-state index contributed by atoms with van der Waals surface area (Å²) in [6.07, 6.45) is -0.263. The van der Waals surface area contributed by atoms with E-state index in [1.165, 1.54) is 11.6 Å². The van der Waals surface area contributed by atoms with Crippen LogP contribution in [0.1, 0.15) is 18.1 Å². The van der Waals surface area contributed by atoms with E-state index in [-0.39, 0.29) is 24.1 Å². The van der Waals surface area contributed by atoms with Gasteiger partial charge in [0.25, 0.3) is 5.56 Å². The molecule has 0 spiro atoms. The van der Waals surface area contributed by atoms with Crippen molar-refractivity contribution in [2.24, 2.45) is 7.05 Å². The first-order valence-corrected chi connectivity index (χ1v) is 10.7. The molecule has 2 aromatic heterocycles. The van der Waals surface area contributed by atoms with Crippen molar-refractivity contribution < 1.29 is 9.90 Å². The highest BCUT2D eigenvalue weighted by atomic mass is 16.4. The van der Waals surface area contributed by atoms with Gasteiger partial charge in [-0.1, -0.05) is 24.1 Å². The lowest BCUT2D eigenvalue weighted by Crippen LogP contribution is -2.44. The normalized spacial score (nSPS) is 13.7. The van der Waals surface area contributed by atoms with Gasteiger partial charge in [-0.3, -0.25) is 18.7 Å². The molecule has 0 saturated carbocycles. The van der Waals surface area contributed by atoms with Gasteiger partial charge in [-0.05, 0) is 25.0 Å². The zero-order valence-electron chi connectivity index (χ0n) is 18.9. The maximum atomic E-state index is 13.4. The van der Waals surface area contributed by atoms with Gasteiger partial charge in [-0.25, -0.2) is 9.36 Å². The Kier molecular flexibility index (Phi) is 6.07. The number of hydrogen-bond acceptors (Lipinski definition) is 6. The highest BCUT2D eigenvalue weighted by Gasteiger charge is 2.26. The molecule has 1 saturated heterocycles. The number of carboxylic acids is 1. The molecule has 0 aliphatic carbocycles. The molecule has 3 heterocycles. The summed E-state index contributed by atoms with van der Waals surface area (Å²) in [5.74, 6) is 5.43. The van der Waals surface area contributed by atoms with Gasteiger partial charge in [-0.15, -0.1) is 5.92 Å². The number of benzene rings is 1. The zero-order valence-corrected chi connectivity index (χ0v) is 18.9. The van der Waals surface area contributed by atoms with Crippen LogP contribution in [0.3, 0.4) is 0 Å². The fourth-order valence-electron chi connectivity index (χ4n) is 4.24. The Bertz CT molecular complexity index is 1410. The lowest BCUT2D eigenvalue weighted by Gasteiger charge is -2.28. The summed E-state index contributed by atoms with van der Waals surface area (Å²) in [6.45, 7) is 6.71. The molecule has 10 heteroatoms. The third kappa shape index (κ3) is 3.91. The largest absolute Gasteiger partial charge is 0.481 e. The smallest absolute Gasteiger partial charge is 0.337 e. The molecular weight excluding hydrogens is 424 g/mol. The minimum atomic E-state index is -1.01. The van der Waals surface area contributed by atoms with Gasteiger partial charge in [-0.2, -0.15) is 4.98 Å². The molecule has 0 bridgehead atoms. The number of carbonyl (C=O) groups is 1. The van der Waals surface area contributed by atoms with Crippen molar-refractivity contribution in [1.82, 2.24) is 24.0 Å². The minimum absolute atomic E-state index is 0.204. The second-order valence-corrected chi connectivity index (χ2v) is 7.97. The van der Waals surface area contributed by atoms with E-state index < -0.39 is 17.2 Å². The zero-order chi connectivity index (χ0) is 23.7. The van der Waals surface area contributed by atoms with Crippen molar-refractivity contribution in [2.75, 3.05) is 31.1 Å². The van der Waals surface area contributed by atoms with Crippen LogP contribution < -0.4 is 21.5 Å². The molecule has 0 amide bonds. The van der Waals surface area contributed by atoms with Gasteiger partial charge in [0.15, 0.2) is 11.2 Å². The Morgan fingerprint density at radius 3 is 2.64 bits per heavy atom. The average molecular weight is 450 g/mol. The molecule has 1 aliphatic heterocycles. The Balaban J connectivity index is 2.12. The number of hydrogen-bond donors (Lipinski definition) is 2. The predicted molar refractivity (Wildman–Crippen MR) is 125 cm³/mol. The van der Waals surface area contributed by atoms with Crippen LogP contribution in [0.25, 0.3) is 16.9 Å². The summed E-state index contributed by atoms with van der Waals surface area (Å²) < 4.78 is 4.16. The molecule has 10 nitrogen and oxygen atoms in total. The van der Waals surface area contributed by atoms with Crippen LogP contribution in [0.5, 0.6) is 0 Å². The van der Waals surface area contributed by atoms with E-state index in [0.29, 0.717) is 35.9 Å². The van der Waals surface area contributed by atoms with Crippen molar-refractivity contribution in [3.05, 3.63) is 50.2 Å². The van der Waals surface area contributed by atoms with Gasteiger partial charge in [0.05, 0.1) is 18.7 Å². The first-order chi connectivity index (χ1) is 15.8. The maximum absolute atomic E-state index is 13.4. The summed E-state index contributed by atoms with van der Waals surface area (Å²) >= 11 is 0. The standard InChI is InChI=1S/C23H26N6O4/c1-4-5-11-28-19-20(25-22(28)27-12-9-24-10-13-27)29(23(33)26(3)21(19)32)18-15(2)7-6-8-16(18)14-17(30)31/h6-8,24H,9-14H2,1-3H3,(H,30,31). The molecule has 0 radical (unpaired) electrons. The molecule has 1 aromatic carbocycles. The third-order valence-corrected chi connectivity index (χ3v) is 5.83. The number of aromatic nitrogens is 4. The van der Waals surface area contributed by atoms with E-state index in [4.69, 9.17) is 4.98 Å². The van der Waals surface area contributed by atoms with Crippen LogP contribution in [0.15, 0.2) is 27.8 Å². The van der Waals surface area contributed by atoms with Crippen molar-refractivity contribution >= 4 is 23.1 Å². The van der Waals surface area contributed by atoms with E-state index in [1.54, 1.807) is 36.6 Å². The van der Waals surface area contributed by atoms with E-state index in [9.17, 15) is 19.5 Å². The lowest BCUT2D eigenvalue weighted by atomic mass is 10.0. The van der Waals surface area contributed by atoms with Crippen LogP contribution >= 0.6 is 0 Å². The number of nitrogens with one attached hydrogen (secondary N) is 1. The maximum Gasteiger partial charge on any atom is 0.337 e. The summed E-state index contributed by atoms with van der Waals surface area (Å²) in [5, 5.41) is 12.7. The highest BCUT2D eigenvalue weighted by molar-refractivity contribution is 5.79. The Hall–Kier alpha value is -3.84. The number of piperazine rings is 1. The second-order valence-electron chi connectivity index (χ2n) is 7.97. The number of aliphatic carboxylic acids is 1. The minimum Gasteiger partial charge on any atom is -0.481 e. The molecule has 1 aliphatic rings. The van der Waals surface area contributed by atoms with Crippen LogP contribution in [-0.2, 0) is 24.8 Å². The monoisotopic (exact) mass is 450 g/mol. The molecule has 1 fully saturated rings. The van der Waals surface area contributed by atoms with Gasteiger partial charge >= 0.3 is 11.7 Å². The summed E-state index contributed by atoms with van der Waals surface area (Å²) in [7, 11) is 1.42. The second kappa shape index (κ2) is 8.96. The van der Waals surface area contributed by atoms with E-state index >= 15 is 0 Å². The number of fused-ring (bicyclic) bond motifs is 1. The van der Waals surface area contributed by atoms with Crippen molar-refractivity contribution in [3.63, 3.8) is 0 Å². The molecule has 4 rings (SSSR count). The Morgan fingerprint density at radius 1 is 1.24 bits per heavy atom. The van der Waals surface area contributed by atoms with Crippen molar-refractivity contribution in [3.8, 4) is 17.5 Å². The summed E-state index contributed by atoms with van der Waals surface area (Å²) in [6, 6.07) is 5.24. The van der Waals surface area contributed by atoms with E-state index in [1.807, 2.05) is 0 Å². The Labute approximate surface area is 190 Å². The van der Waals surface area contributed by atoms with Crippen LogP contribution in [0.4, 0.5) is 5.95 Å². The SMILES string of the molecule is CC#CCn1c(N2CCNCC2)nc2c1c(=O)n(C)c(=O)n2-c1c(C)cccc1CC(=O)O. The number of nitrogens with zero attached hydrogens (tertiary/aromatic N) is 5. The van der Waals surface area contributed by atoms with Gasteiger partial charge in [0.2, 0.25) is 5.95 Å². The number of rotatable bonds is 5. The van der Waals surface area contributed by atoms with Crippen LogP contribution in [-0.4, -0.2) is 55.9 Å². The molecular formula is C23H26N6O4.